The van der Waals surface area contributed by atoms with E-state index in [9.17, 15) is 4.79 Å². The fourth-order valence-corrected chi connectivity index (χ4v) is 3.79. The van der Waals surface area contributed by atoms with Crippen molar-refractivity contribution in [3.63, 3.8) is 0 Å². The molecular formula is C14H20BrNO2S. The van der Waals surface area contributed by atoms with Gasteiger partial charge in [0, 0.05) is 17.5 Å². The quantitative estimate of drug-likeness (QED) is 0.856. The molecule has 3 nitrogen and oxygen atoms in total. The van der Waals surface area contributed by atoms with Crippen LogP contribution in [0.5, 0.6) is 0 Å². The lowest BCUT2D eigenvalue weighted by Crippen LogP contribution is -2.34. The van der Waals surface area contributed by atoms with Crippen molar-refractivity contribution in [3.8, 4) is 0 Å². The number of thiophene rings is 1. The molecule has 19 heavy (non-hydrogen) atoms. The van der Waals surface area contributed by atoms with Gasteiger partial charge in [-0.25, -0.2) is 0 Å². The first-order chi connectivity index (χ1) is 9.13. The van der Waals surface area contributed by atoms with Crippen molar-refractivity contribution in [1.82, 2.24) is 5.32 Å². The average Bonchev–Trinajstić information content (AvgIpc) is 2.98. The Morgan fingerprint density at radius 2 is 2.47 bits per heavy atom. The van der Waals surface area contributed by atoms with E-state index in [-0.39, 0.29) is 11.9 Å². The minimum absolute atomic E-state index is 0.106. The normalized spacial score (nSPS) is 20.4. The molecule has 2 rings (SSSR count). The van der Waals surface area contributed by atoms with Gasteiger partial charge in [0.25, 0.3) is 0 Å². The van der Waals surface area contributed by atoms with Gasteiger partial charge in [-0.05, 0) is 60.7 Å². The molecule has 1 aliphatic heterocycles. The summed E-state index contributed by atoms with van der Waals surface area (Å²) in [5.74, 6) is 0.106. The second kappa shape index (κ2) is 7.41. The Bertz CT molecular complexity index is 415. The van der Waals surface area contributed by atoms with Crippen molar-refractivity contribution in [2.75, 3.05) is 6.61 Å². The van der Waals surface area contributed by atoms with Gasteiger partial charge in [-0.1, -0.05) is 0 Å². The first kappa shape index (κ1) is 15.0. The predicted molar refractivity (Wildman–Crippen MR) is 81.5 cm³/mol. The van der Waals surface area contributed by atoms with Crippen LogP contribution >= 0.6 is 27.3 Å². The smallest absolute Gasteiger partial charge is 0.225 e. The molecule has 0 unspecified atom stereocenters. The molecule has 0 saturated carbocycles. The van der Waals surface area contributed by atoms with Crippen molar-refractivity contribution in [1.29, 1.82) is 0 Å². The number of halogens is 1. The van der Waals surface area contributed by atoms with E-state index in [1.54, 1.807) is 11.3 Å². The van der Waals surface area contributed by atoms with E-state index in [0.29, 0.717) is 12.5 Å². The highest BCUT2D eigenvalue weighted by Crippen LogP contribution is 2.22. The maximum Gasteiger partial charge on any atom is 0.225 e. The first-order valence-corrected chi connectivity index (χ1v) is 8.39. The molecular weight excluding hydrogens is 326 g/mol. The van der Waals surface area contributed by atoms with Crippen LogP contribution in [0.25, 0.3) is 0 Å². The van der Waals surface area contributed by atoms with E-state index in [0.717, 1.165) is 28.1 Å². The highest BCUT2D eigenvalue weighted by molar-refractivity contribution is 9.11. The highest BCUT2D eigenvalue weighted by Gasteiger charge is 2.17. The lowest BCUT2D eigenvalue weighted by molar-refractivity contribution is -0.121. The molecule has 1 fully saturated rings. The van der Waals surface area contributed by atoms with Crippen LogP contribution in [0.15, 0.2) is 15.9 Å². The van der Waals surface area contributed by atoms with Gasteiger partial charge in [0.2, 0.25) is 5.91 Å². The monoisotopic (exact) mass is 345 g/mol. The molecule has 2 atom stereocenters. The Balaban J connectivity index is 1.66. The minimum atomic E-state index is 0.106. The van der Waals surface area contributed by atoms with Crippen molar-refractivity contribution >= 4 is 33.2 Å². The van der Waals surface area contributed by atoms with Crippen LogP contribution in [0.2, 0.25) is 0 Å². The number of hydrogen-bond acceptors (Lipinski definition) is 3. The van der Waals surface area contributed by atoms with Crippen LogP contribution < -0.4 is 5.32 Å². The Labute approximate surface area is 126 Å². The molecule has 1 aliphatic rings. The van der Waals surface area contributed by atoms with Crippen LogP contribution in [0.3, 0.4) is 0 Å². The van der Waals surface area contributed by atoms with Crippen LogP contribution in [0, 0.1) is 0 Å². The third-order valence-electron chi connectivity index (χ3n) is 3.32. The maximum absolute atomic E-state index is 11.9. The fraction of sp³-hybridized carbons (Fsp3) is 0.643. The van der Waals surface area contributed by atoms with Crippen LogP contribution in [-0.4, -0.2) is 24.7 Å². The van der Waals surface area contributed by atoms with Crippen molar-refractivity contribution in [3.05, 3.63) is 20.8 Å². The second-order valence-corrected chi connectivity index (χ2v) is 7.61. The summed E-state index contributed by atoms with van der Waals surface area (Å²) in [5.41, 5.74) is 0. The standard InChI is InChI=1S/C14H20BrNO2S/c1-10(4-5-11-3-2-8-18-11)16-14(17)9-12-6-7-13(15)19-12/h6-7,10-11H,2-5,8-9H2,1H3,(H,16,17)/t10-,11-/m0/s1. The summed E-state index contributed by atoms with van der Waals surface area (Å²) in [6.45, 7) is 2.97. The lowest BCUT2D eigenvalue weighted by atomic mass is 10.1. The molecule has 1 N–H and O–H groups in total. The van der Waals surface area contributed by atoms with E-state index in [2.05, 4.69) is 28.2 Å². The number of nitrogens with one attached hydrogen (secondary N) is 1. The van der Waals surface area contributed by atoms with Crippen LogP contribution in [0.1, 0.15) is 37.5 Å². The molecule has 1 saturated heterocycles. The minimum Gasteiger partial charge on any atom is -0.378 e. The molecule has 0 spiro atoms. The second-order valence-electron chi connectivity index (χ2n) is 5.06. The molecule has 5 heteroatoms. The third kappa shape index (κ3) is 5.24. The SMILES string of the molecule is C[C@@H](CC[C@@H]1CCCO1)NC(=O)Cc1ccc(Br)s1. The number of carbonyl (C=O) groups is 1. The largest absolute Gasteiger partial charge is 0.378 e. The zero-order valence-corrected chi connectivity index (χ0v) is 13.6. The summed E-state index contributed by atoms with van der Waals surface area (Å²) in [4.78, 5) is 13.0. The Morgan fingerprint density at radius 3 is 3.11 bits per heavy atom. The van der Waals surface area contributed by atoms with Gasteiger partial charge in [-0.3, -0.25) is 4.79 Å². The topological polar surface area (TPSA) is 38.3 Å². The van der Waals surface area contributed by atoms with Gasteiger partial charge in [0.05, 0.1) is 16.3 Å². The zero-order chi connectivity index (χ0) is 13.7. The lowest BCUT2D eigenvalue weighted by Gasteiger charge is -2.16. The van der Waals surface area contributed by atoms with E-state index in [4.69, 9.17) is 4.74 Å². The number of carbonyl (C=O) groups excluding carboxylic acids is 1. The number of amides is 1. The summed E-state index contributed by atoms with van der Waals surface area (Å²) in [6.07, 6.45) is 5.27. The molecule has 1 aromatic rings. The number of hydrogen-bond donors (Lipinski definition) is 1. The highest BCUT2D eigenvalue weighted by atomic mass is 79.9. The van der Waals surface area contributed by atoms with Crippen molar-refractivity contribution in [2.24, 2.45) is 0 Å². The summed E-state index contributed by atoms with van der Waals surface area (Å²) in [6, 6.07) is 4.19. The molecule has 2 heterocycles. The van der Waals surface area contributed by atoms with E-state index in [1.165, 1.54) is 12.8 Å². The number of ether oxygens (including phenoxy) is 1. The van der Waals surface area contributed by atoms with E-state index in [1.807, 2.05) is 12.1 Å². The molecule has 1 aromatic heterocycles. The third-order valence-corrected chi connectivity index (χ3v) is 4.94. The molecule has 0 bridgehead atoms. The van der Waals surface area contributed by atoms with Gasteiger partial charge in [-0.2, -0.15) is 0 Å². The van der Waals surface area contributed by atoms with Crippen LogP contribution in [-0.2, 0) is 16.0 Å². The summed E-state index contributed by atoms with van der Waals surface area (Å²) < 4.78 is 6.66. The molecule has 0 radical (unpaired) electrons. The fourth-order valence-electron chi connectivity index (χ4n) is 2.31. The predicted octanol–water partition coefficient (Wildman–Crippen LogP) is 3.52. The van der Waals surface area contributed by atoms with Crippen LogP contribution in [0.4, 0.5) is 0 Å². The average molecular weight is 346 g/mol. The Morgan fingerprint density at radius 1 is 1.63 bits per heavy atom. The van der Waals surface area contributed by atoms with Gasteiger partial charge in [0.1, 0.15) is 0 Å². The summed E-state index contributed by atoms with van der Waals surface area (Å²) >= 11 is 5.02. The maximum atomic E-state index is 11.9. The van der Waals surface area contributed by atoms with Crippen molar-refractivity contribution < 1.29 is 9.53 Å². The van der Waals surface area contributed by atoms with Gasteiger partial charge in [-0.15, -0.1) is 11.3 Å². The Kier molecular flexibility index (Phi) is 5.85. The molecule has 0 aliphatic carbocycles. The van der Waals surface area contributed by atoms with Gasteiger partial charge in [0.15, 0.2) is 0 Å². The van der Waals surface area contributed by atoms with Gasteiger partial charge >= 0.3 is 0 Å². The number of rotatable bonds is 6. The van der Waals surface area contributed by atoms with Crippen molar-refractivity contribution in [2.45, 2.75) is 51.2 Å². The van der Waals surface area contributed by atoms with E-state index >= 15 is 0 Å². The van der Waals surface area contributed by atoms with E-state index < -0.39 is 0 Å². The Hall–Kier alpha value is -0.390. The first-order valence-electron chi connectivity index (χ1n) is 6.78. The molecule has 106 valence electrons. The molecule has 1 amide bonds. The molecule has 0 aromatic carbocycles. The zero-order valence-electron chi connectivity index (χ0n) is 11.2. The summed E-state index contributed by atoms with van der Waals surface area (Å²) in [5, 5.41) is 3.06. The summed E-state index contributed by atoms with van der Waals surface area (Å²) in [7, 11) is 0. The van der Waals surface area contributed by atoms with Gasteiger partial charge < -0.3 is 10.1 Å².